The maximum atomic E-state index is 12.3. The molecule has 3 rings (SSSR count). The van der Waals surface area contributed by atoms with Crippen molar-refractivity contribution in [1.82, 2.24) is 24.6 Å². The fourth-order valence-corrected chi connectivity index (χ4v) is 2.92. The average Bonchev–Trinajstić information content (AvgIpc) is 2.91. The van der Waals surface area contributed by atoms with Crippen molar-refractivity contribution < 1.29 is 9.90 Å². The van der Waals surface area contributed by atoms with E-state index in [1.54, 1.807) is 17.9 Å². The van der Waals surface area contributed by atoms with Crippen molar-refractivity contribution in [2.24, 2.45) is 13.0 Å². The van der Waals surface area contributed by atoms with Crippen molar-refractivity contribution in [3.05, 3.63) is 51.1 Å². The first-order chi connectivity index (χ1) is 11.4. The first-order valence-electron chi connectivity index (χ1n) is 7.68. The SMILES string of the molecule is Cn1cc([C@@H](NC(=O)Cn2ccc(=O)[nH]c2=O)C2CC(O)C2)cn1. The molecule has 1 aliphatic carbocycles. The number of aryl methyl sites for hydroxylation is 1. The number of hydrogen-bond acceptors (Lipinski definition) is 5. The Kier molecular flexibility index (Phi) is 4.34. The number of carbonyl (C=O) groups excluding carboxylic acids is 1. The zero-order chi connectivity index (χ0) is 17.3. The molecule has 1 aliphatic rings. The number of H-pyrrole nitrogens is 1. The van der Waals surface area contributed by atoms with Crippen LogP contribution in [0.3, 0.4) is 0 Å². The summed E-state index contributed by atoms with van der Waals surface area (Å²) >= 11 is 0. The van der Waals surface area contributed by atoms with Crippen LogP contribution in [0.2, 0.25) is 0 Å². The topological polar surface area (TPSA) is 122 Å². The minimum atomic E-state index is -0.630. The zero-order valence-corrected chi connectivity index (χ0v) is 13.2. The number of rotatable bonds is 5. The normalized spacial score (nSPS) is 21.1. The summed E-state index contributed by atoms with van der Waals surface area (Å²) in [6, 6.07) is 0.920. The molecule has 0 radical (unpaired) electrons. The highest BCUT2D eigenvalue weighted by Crippen LogP contribution is 2.37. The number of aliphatic hydroxyl groups excluding tert-OH is 1. The van der Waals surface area contributed by atoms with Crippen molar-refractivity contribution in [3.63, 3.8) is 0 Å². The Bertz CT molecular complexity index is 846. The Labute approximate surface area is 136 Å². The van der Waals surface area contributed by atoms with E-state index in [4.69, 9.17) is 0 Å². The number of hydrogen-bond donors (Lipinski definition) is 3. The van der Waals surface area contributed by atoms with Gasteiger partial charge in [0.2, 0.25) is 5.91 Å². The van der Waals surface area contributed by atoms with E-state index in [1.807, 2.05) is 6.20 Å². The van der Waals surface area contributed by atoms with E-state index in [1.165, 1.54) is 12.3 Å². The summed E-state index contributed by atoms with van der Waals surface area (Å²) < 4.78 is 2.78. The van der Waals surface area contributed by atoms with E-state index in [0.717, 1.165) is 10.1 Å². The van der Waals surface area contributed by atoms with Gasteiger partial charge in [0.15, 0.2) is 0 Å². The maximum absolute atomic E-state index is 12.3. The largest absolute Gasteiger partial charge is 0.393 e. The van der Waals surface area contributed by atoms with E-state index in [-0.39, 0.29) is 30.5 Å². The minimum absolute atomic E-state index is 0.125. The molecule has 9 heteroatoms. The van der Waals surface area contributed by atoms with Gasteiger partial charge < -0.3 is 10.4 Å². The number of aliphatic hydroxyl groups is 1. The molecule has 2 aromatic rings. The highest BCUT2D eigenvalue weighted by Gasteiger charge is 2.36. The van der Waals surface area contributed by atoms with Crippen LogP contribution < -0.4 is 16.6 Å². The Morgan fingerprint density at radius 3 is 2.83 bits per heavy atom. The highest BCUT2D eigenvalue weighted by molar-refractivity contribution is 5.76. The van der Waals surface area contributed by atoms with Crippen LogP contribution in [0.4, 0.5) is 0 Å². The quantitative estimate of drug-likeness (QED) is 0.641. The molecule has 0 bridgehead atoms. The number of aromatic nitrogens is 4. The molecular weight excluding hydrogens is 314 g/mol. The molecule has 9 nitrogen and oxygen atoms in total. The minimum Gasteiger partial charge on any atom is -0.393 e. The first kappa shape index (κ1) is 16.2. The third-order valence-corrected chi connectivity index (χ3v) is 4.23. The van der Waals surface area contributed by atoms with Gasteiger partial charge in [-0.3, -0.25) is 23.8 Å². The fourth-order valence-electron chi connectivity index (χ4n) is 2.92. The molecule has 3 N–H and O–H groups in total. The standard InChI is InChI=1S/C15H19N5O4/c1-19-7-10(6-16-19)14(9-4-11(21)5-9)17-13(23)8-20-3-2-12(22)18-15(20)24/h2-3,6-7,9,11,14,21H,4-5,8H2,1H3,(H,17,23)(H,18,22,24)/t9?,11?,14-/m0/s1. The molecular formula is C15H19N5O4. The van der Waals surface area contributed by atoms with Gasteiger partial charge in [-0.25, -0.2) is 4.79 Å². The number of nitrogens with zero attached hydrogens (tertiary/aromatic N) is 3. The molecule has 128 valence electrons. The van der Waals surface area contributed by atoms with E-state index < -0.39 is 11.2 Å². The monoisotopic (exact) mass is 333 g/mol. The van der Waals surface area contributed by atoms with Crippen LogP contribution in [-0.2, 0) is 18.4 Å². The molecule has 0 saturated heterocycles. The Morgan fingerprint density at radius 1 is 1.50 bits per heavy atom. The second-order valence-electron chi connectivity index (χ2n) is 6.12. The van der Waals surface area contributed by atoms with Gasteiger partial charge in [0.05, 0.1) is 18.3 Å². The number of aromatic amines is 1. The maximum Gasteiger partial charge on any atom is 0.328 e. The highest BCUT2D eigenvalue weighted by atomic mass is 16.3. The van der Waals surface area contributed by atoms with Crippen LogP contribution in [0.5, 0.6) is 0 Å². The summed E-state index contributed by atoms with van der Waals surface area (Å²) in [7, 11) is 1.79. The Balaban J connectivity index is 1.73. The van der Waals surface area contributed by atoms with Gasteiger partial charge in [-0.05, 0) is 18.8 Å². The second kappa shape index (κ2) is 6.44. The van der Waals surface area contributed by atoms with Crippen LogP contribution >= 0.6 is 0 Å². The predicted octanol–water partition coefficient (Wildman–Crippen LogP) is -1.10. The van der Waals surface area contributed by atoms with Crippen molar-refractivity contribution in [1.29, 1.82) is 0 Å². The van der Waals surface area contributed by atoms with Crippen LogP contribution in [0.15, 0.2) is 34.2 Å². The molecule has 0 unspecified atom stereocenters. The molecule has 1 fully saturated rings. The molecule has 0 spiro atoms. The van der Waals surface area contributed by atoms with Gasteiger partial charge in [-0.15, -0.1) is 0 Å². The molecule has 1 amide bonds. The van der Waals surface area contributed by atoms with Crippen molar-refractivity contribution >= 4 is 5.91 Å². The summed E-state index contributed by atoms with van der Waals surface area (Å²) in [5.41, 5.74) is -0.278. The van der Waals surface area contributed by atoms with Crippen LogP contribution in [0, 0.1) is 5.92 Å². The van der Waals surface area contributed by atoms with Crippen molar-refractivity contribution in [2.45, 2.75) is 31.5 Å². The van der Waals surface area contributed by atoms with Gasteiger partial charge in [0.1, 0.15) is 6.54 Å². The van der Waals surface area contributed by atoms with Gasteiger partial charge in [0, 0.05) is 31.1 Å². The molecule has 2 aromatic heterocycles. The van der Waals surface area contributed by atoms with Crippen LogP contribution in [0.1, 0.15) is 24.4 Å². The number of nitrogens with one attached hydrogen (secondary N) is 2. The summed E-state index contributed by atoms with van der Waals surface area (Å²) in [4.78, 5) is 37.1. The van der Waals surface area contributed by atoms with Gasteiger partial charge in [0.25, 0.3) is 5.56 Å². The lowest BCUT2D eigenvalue weighted by Crippen LogP contribution is -2.43. The van der Waals surface area contributed by atoms with Crippen LogP contribution in [0.25, 0.3) is 0 Å². The lowest BCUT2D eigenvalue weighted by Gasteiger charge is -2.37. The Morgan fingerprint density at radius 2 is 2.25 bits per heavy atom. The van der Waals surface area contributed by atoms with E-state index in [0.29, 0.717) is 12.8 Å². The summed E-state index contributed by atoms with van der Waals surface area (Å²) in [5.74, 6) is -0.222. The molecule has 1 atom stereocenters. The zero-order valence-electron chi connectivity index (χ0n) is 13.2. The lowest BCUT2D eigenvalue weighted by atomic mass is 9.75. The van der Waals surface area contributed by atoms with Crippen molar-refractivity contribution in [3.8, 4) is 0 Å². The second-order valence-corrected chi connectivity index (χ2v) is 6.12. The van der Waals surface area contributed by atoms with E-state index >= 15 is 0 Å². The molecule has 24 heavy (non-hydrogen) atoms. The summed E-state index contributed by atoms with van der Waals surface area (Å²) in [6.07, 6.45) is 5.67. The molecule has 1 saturated carbocycles. The lowest BCUT2D eigenvalue weighted by molar-refractivity contribution is -0.123. The predicted molar refractivity (Wildman–Crippen MR) is 84.1 cm³/mol. The summed E-state index contributed by atoms with van der Waals surface area (Å²) in [5, 5.41) is 16.6. The van der Waals surface area contributed by atoms with Gasteiger partial charge >= 0.3 is 5.69 Å². The number of amides is 1. The molecule has 2 heterocycles. The molecule has 0 aliphatic heterocycles. The van der Waals surface area contributed by atoms with Crippen molar-refractivity contribution in [2.75, 3.05) is 0 Å². The van der Waals surface area contributed by atoms with Gasteiger partial charge in [-0.1, -0.05) is 0 Å². The number of carbonyl (C=O) groups is 1. The van der Waals surface area contributed by atoms with Crippen LogP contribution in [-0.4, -0.2) is 36.4 Å². The smallest absolute Gasteiger partial charge is 0.328 e. The average molecular weight is 333 g/mol. The first-order valence-corrected chi connectivity index (χ1v) is 7.68. The fraction of sp³-hybridized carbons (Fsp3) is 0.467. The third-order valence-electron chi connectivity index (χ3n) is 4.23. The van der Waals surface area contributed by atoms with Gasteiger partial charge in [-0.2, -0.15) is 5.10 Å². The third kappa shape index (κ3) is 3.46. The van der Waals surface area contributed by atoms with E-state index in [9.17, 15) is 19.5 Å². The Hall–Kier alpha value is -2.68. The molecule has 0 aromatic carbocycles. The summed E-state index contributed by atoms with van der Waals surface area (Å²) in [6.45, 7) is -0.193. The van der Waals surface area contributed by atoms with E-state index in [2.05, 4.69) is 15.4 Å².